The van der Waals surface area contributed by atoms with E-state index in [1.807, 2.05) is 6.20 Å². The van der Waals surface area contributed by atoms with Crippen LogP contribution in [0.4, 0.5) is 5.82 Å². The fourth-order valence-electron chi connectivity index (χ4n) is 1.92. The van der Waals surface area contributed by atoms with Crippen LogP contribution in [0.1, 0.15) is 40.2 Å². The largest absolute Gasteiger partial charge is 0.383 e. The highest BCUT2D eigenvalue weighted by Gasteiger charge is 2.13. The van der Waals surface area contributed by atoms with Gasteiger partial charge in [0.2, 0.25) is 0 Å². The lowest BCUT2D eigenvalue weighted by atomic mass is 10.1. The third-order valence-corrected chi connectivity index (χ3v) is 3.09. The Bertz CT molecular complexity index is 399. The number of nitrogens with one attached hydrogen (secondary N) is 1. The van der Waals surface area contributed by atoms with E-state index in [-0.39, 0.29) is 5.54 Å². The minimum Gasteiger partial charge on any atom is -0.383 e. The number of hydrogen-bond donors (Lipinski definition) is 1. The molecule has 0 saturated carbocycles. The first-order chi connectivity index (χ1) is 9.33. The van der Waals surface area contributed by atoms with Gasteiger partial charge in [0, 0.05) is 38.0 Å². The lowest BCUT2D eigenvalue weighted by molar-refractivity contribution is 0.203. The average Bonchev–Trinajstić information content (AvgIpc) is 2.36. The minimum absolute atomic E-state index is 0.122. The van der Waals surface area contributed by atoms with E-state index < -0.39 is 0 Å². The zero-order chi connectivity index (χ0) is 15.2. The molecule has 0 atom stereocenters. The van der Waals surface area contributed by atoms with Gasteiger partial charge in [-0.2, -0.15) is 0 Å². The Morgan fingerprint density at radius 1 is 1.35 bits per heavy atom. The van der Waals surface area contributed by atoms with Gasteiger partial charge in [-0.25, -0.2) is 4.98 Å². The van der Waals surface area contributed by atoms with Gasteiger partial charge in [-0.1, -0.05) is 0 Å². The number of ether oxygens (including phenoxy) is 1. The molecule has 0 fully saturated rings. The van der Waals surface area contributed by atoms with E-state index in [4.69, 9.17) is 4.74 Å². The first-order valence-electron chi connectivity index (χ1n) is 7.29. The molecule has 1 aromatic heterocycles. The van der Waals surface area contributed by atoms with Crippen LogP contribution in [0, 0.1) is 0 Å². The monoisotopic (exact) mass is 279 g/mol. The summed E-state index contributed by atoms with van der Waals surface area (Å²) in [5, 5.41) is 3.51. The van der Waals surface area contributed by atoms with Crippen LogP contribution in [0.25, 0.3) is 0 Å². The van der Waals surface area contributed by atoms with Crippen molar-refractivity contribution < 1.29 is 4.74 Å². The lowest BCUT2D eigenvalue weighted by Crippen LogP contribution is -2.36. The number of anilines is 1. The standard InChI is InChI=1S/C16H29N3O/c1-13(2)19(9-10-20-6)15-11-14(7-8-17-15)12-18-16(3,4)5/h7-8,11,13,18H,9-10,12H2,1-6H3. The Hall–Kier alpha value is -1.13. The zero-order valence-electron chi connectivity index (χ0n) is 13.7. The summed E-state index contributed by atoms with van der Waals surface area (Å²) in [5.74, 6) is 1.02. The van der Waals surface area contributed by atoms with Crippen LogP contribution < -0.4 is 10.2 Å². The van der Waals surface area contributed by atoms with Crippen molar-refractivity contribution in [1.29, 1.82) is 0 Å². The number of hydrogen-bond acceptors (Lipinski definition) is 4. The van der Waals surface area contributed by atoms with E-state index in [2.05, 4.69) is 62.0 Å². The van der Waals surface area contributed by atoms with Crippen molar-refractivity contribution >= 4 is 5.82 Å². The highest BCUT2D eigenvalue weighted by Crippen LogP contribution is 2.16. The van der Waals surface area contributed by atoms with Crippen LogP contribution in [-0.4, -0.2) is 36.8 Å². The van der Waals surface area contributed by atoms with Gasteiger partial charge >= 0.3 is 0 Å². The molecule has 0 aliphatic rings. The Morgan fingerprint density at radius 3 is 2.60 bits per heavy atom. The van der Waals surface area contributed by atoms with Crippen molar-refractivity contribution in [2.45, 2.75) is 52.7 Å². The van der Waals surface area contributed by atoms with Gasteiger partial charge in [0.05, 0.1) is 6.61 Å². The van der Waals surface area contributed by atoms with Crippen LogP contribution >= 0.6 is 0 Å². The van der Waals surface area contributed by atoms with Crippen molar-refractivity contribution in [3.05, 3.63) is 23.9 Å². The summed E-state index contributed by atoms with van der Waals surface area (Å²) in [4.78, 5) is 6.77. The molecule has 0 aliphatic carbocycles. The molecule has 0 aliphatic heterocycles. The molecule has 4 heteroatoms. The van der Waals surface area contributed by atoms with E-state index in [0.717, 1.165) is 18.9 Å². The second kappa shape index (κ2) is 7.60. The summed E-state index contributed by atoms with van der Waals surface area (Å²) in [7, 11) is 1.73. The highest BCUT2D eigenvalue weighted by atomic mass is 16.5. The Labute approximate surface area is 123 Å². The topological polar surface area (TPSA) is 37.4 Å². The lowest BCUT2D eigenvalue weighted by Gasteiger charge is -2.28. The van der Waals surface area contributed by atoms with Gasteiger partial charge in [-0.15, -0.1) is 0 Å². The molecule has 0 bridgehead atoms. The summed E-state index contributed by atoms with van der Waals surface area (Å²) in [5.41, 5.74) is 1.38. The molecule has 0 unspecified atom stereocenters. The Kier molecular flexibility index (Phi) is 6.43. The first kappa shape index (κ1) is 16.9. The van der Waals surface area contributed by atoms with Gasteiger partial charge < -0.3 is 15.0 Å². The number of nitrogens with zero attached hydrogens (tertiary/aromatic N) is 2. The fourth-order valence-corrected chi connectivity index (χ4v) is 1.92. The smallest absolute Gasteiger partial charge is 0.129 e. The maximum Gasteiger partial charge on any atom is 0.129 e. The van der Waals surface area contributed by atoms with Crippen molar-refractivity contribution in [2.24, 2.45) is 0 Å². The van der Waals surface area contributed by atoms with Gasteiger partial charge in [0.15, 0.2) is 0 Å². The summed E-state index contributed by atoms with van der Waals surface area (Å²) >= 11 is 0. The molecule has 1 aromatic rings. The predicted molar refractivity (Wildman–Crippen MR) is 85.2 cm³/mol. The van der Waals surface area contributed by atoms with E-state index in [9.17, 15) is 0 Å². The molecule has 0 amide bonds. The molecule has 20 heavy (non-hydrogen) atoms. The second-order valence-electron chi connectivity index (χ2n) is 6.41. The van der Waals surface area contributed by atoms with E-state index >= 15 is 0 Å². The maximum absolute atomic E-state index is 5.18. The van der Waals surface area contributed by atoms with Gasteiger partial charge in [0.25, 0.3) is 0 Å². The van der Waals surface area contributed by atoms with Crippen molar-refractivity contribution in [3.8, 4) is 0 Å². The van der Waals surface area contributed by atoms with Crippen molar-refractivity contribution in [3.63, 3.8) is 0 Å². The fraction of sp³-hybridized carbons (Fsp3) is 0.688. The highest BCUT2D eigenvalue weighted by molar-refractivity contribution is 5.41. The second-order valence-corrected chi connectivity index (χ2v) is 6.41. The minimum atomic E-state index is 0.122. The van der Waals surface area contributed by atoms with Crippen LogP contribution in [0.5, 0.6) is 0 Å². The molecule has 4 nitrogen and oxygen atoms in total. The van der Waals surface area contributed by atoms with Gasteiger partial charge in [-0.05, 0) is 52.3 Å². The third-order valence-electron chi connectivity index (χ3n) is 3.09. The molecule has 0 spiro atoms. The van der Waals surface area contributed by atoms with Crippen LogP contribution in [0.2, 0.25) is 0 Å². The normalized spacial score (nSPS) is 11.9. The SMILES string of the molecule is COCCN(c1cc(CNC(C)(C)C)ccn1)C(C)C. The van der Waals surface area contributed by atoms with Gasteiger partial charge in [0.1, 0.15) is 5.82 Å². The molecular weight excluding hydrogens is 250 g/mol. The maximum atomic E-state index is 5.18. The number of methoxy groups -OCH3 is 1. The van der Waals surface area contributed by atoms with Crippen LogP contribution in [0.15, 0.2) is 18.3 Å². The summed E-state index contributed by atoms with van der Waals surface area (Å²) in [6.07, 6.45) is 1.89. The molecule has 0 radical (unpaired) electrons. The van der Waals surface area contributed by atoms with Gasteiger partial charge in [-0.3, -0.25) is 0 Å². The summed E-state index contributed by atoms with van der Waals surface area (Å²) < 4.78 is 5.18. The zero-order valence-corrected chi connectivity index (χ0v) is 13.7. The number of rotatable bonds is 7. The van der Waals surface area contributed by atoms with Crippen molar-refractivity contribution in [2.75, 3.05) is 25.2 Å². The van der Waals surface area contributed by atoms with E-state index in [1.165, 1.54) is 5.56 Å². The summed E-state index contributed by atoms with van der Waals surface area (Å²) in [6, 6.07) is 4.63. The Balaban J connectivity index is 2.78. The van der Waals surface area contributed by atoms with Crippen LogP contribution in [0.3, 0.4) is 0 Å². The van der Waals surface area contributed by atoms with Crippen LogP contribution in [-0.2, 0) is 11.3 Å². The third kappa shape index (κ3) is 5.88. The number of aromatic nitrogens is 1. The molecular formula is C16H29N3O. The Morgan fingerprint density at radius 2 is 2.05 bits per heavy atom. The molecule has 1 N–H and O–H groups in total. The van der Waals surface area contributed by atoms with Crippen molar-refractivity contribution in [1.82, 2.24) is 10.3 Å². The predicted octanol–water partition coefficient (Wildman–Crippen LogP) is 2.83. The average molecular weight is 279 g/mol. The van der Waals surface area contributed by atoms with E-state index in [0.29, 0.717) is 12.6 Å². The molecule has 1 rings (SSSR count). The first-order valence-corrected chi connectivity index (χ1v) is 7.29. The molecule has 0 saturated heterocycles. The molecule has 0 aromatic carbocycles. The number of pyridine rings is 1. The summed E-state index contributed by atoms with van der Waals surface area (Å²) in [6.45, 7) is 13.3. The molecule has 1 heterocycles. The van der Waals surface area contributed by atoms with E-state index in [1.54, 1.807) is 7.11 Å². The molecule has 114 valence electrons. The quantitative estimate of drug-likeness (QED) is 0.833.